The highest BCUT2D eigenvalue weighted by Gasteiger charge is 2.16. The Balaban J connectivity index is 1.52. The van der Waals surface area contributed by atoms with Crippen LogP contribution in [0, 0.1) is 5.82 Å². The highest BCUT2D eigenvalue weighted by Crippen LogP contribution is 2.34. The van der Waals surface area contributed by atoms with Crippen molar-refractivity contribution < 1.29 is 9.50 Å². The Bertz CT molecular complexity index is 1590. The molecule has 6 aromatic rings. The van der Waals surface area contributed by atoms with Gasteiger partial charge in [0, 0.05) is 41.2 Å². The van der Waals surface area contributed by atoms with Crippen molar-refractivity contribution in [3.8, 4) is 39.5 Å². The molecule has 0 bridgehead atoms. The topological polar surface area (TPSA) is 103 Å². The number of phenolic OH excluding ortho intramolecular Hbond substituents is 1. The number of nitrogens with one attached hydrogen (secondary N) is 2. The lowest BCUT2D eigenvalue weighted by atomic mass is 10.0. The molecule has 7 nitrogen and oxygen atoms in total. The molecule has 0 saturated carbocycles. The second-order valence-electron chi connectivity index (χ2n) is 7.44. The van der Waals surface area contributed by atoms with E-state index in [4.69, 9.17) is 4.98 Å². The molecular formula is C24H15FN6O. The van der Waals surface area contributed by atoms with Crippen LogP contribution in [-0.4, -0.2) is 35.2 Å². The van der Waals surface area contributed by atoms with Gasteiger partial charge in [-0.1, -0.05) is 0 Å². The van der Waals surface area contributed by atoms with Crippen molar-refractivity contribution in [2.24, 2.45) is 0 Å². The fourth-order valence-corrected chi connectivity index (χ4v) is 3.90. The van der Waals surface area contributed by atoms with Gasteiger partial charge in [-0.2, -0.15) is 5.10 Å². The van der Waals surface area contributed by atoms with Gasteiger partial charge < -0.3 is 10.1 Å². The standard InChI is InChI=1S/C24H15FN6O/c25-15-6-14(7-16(32)8-15)18-11-27-12-22-17(18)9-21(28-22)24-23-20(30-31-24)4-3-19(29-23)13-2-1-5-26-10-13/h1-12,28,32H,(H,30,31). The van der Waals surface area contributed by atoms with E-state index in [1.807, 2.05) is 30.3 Å². The molecule has 0 radical (unpaired) electrons. The molecule has 32 heavy (non-hydrogen) atoms. The molecule has 0 spiro atoms. The first-order valence-electron chi connectivity index (χ1n) is 9.88. The van der Waals surface area contributed by atoms with E-state index in [9.17, 15) is 9.50 Å². The largest absolute Gasteiger partial charge is 0.508 e. The highest BCUT2D eigenvalue weighted by atomic mass is 19.1. The second kappa shape index (κ2) is 6.98. The zero-order chi connectivity index (χ0) is 21.7. The number of nitrogens with zero attached hydrogens (tertiary/aromatic N) is 4. The number of aromatic nitrogens is 6. The number of benzene rings is 1. The van der Waals surface area contributed by atoms with E-state index in [0.717, 1.165) is 45.0 Å². The monoisotopic (exact) mass is 422 g/mol. The Hall–Kier alpha value is -4.59. The molecule has 154 valence electrons. The van der Waals surface area contributed by atoms with Crippen LogP contribution in [0.4, 0.5) is 4.39 Å². The molecule has 0 fully saturated rings. The summed E-state index contributed by atoms with van der Waals surface area (Å²) in [5, 5.41) is 18.2. The molecule has 0 amide bonds. The summed E-state index contributed by atoms with van der Waals surface area (Å²) in [6.45, 7) is 0. The van der Waals surface area contributed by atoms with Crippen molar-refractivity contribution in [3.63, 3.8) is 0 Å². The molecule has 0 aliphatic rings. The summed E-state index contributed by atoms with van der Waals surface area (Å²) in [6, 6.07) is 13.6. The maximum absolute atomic E-state index is 13.9. The average molecular weight is 422 g/mol. The zero-order valence-corrected chi connectivity index (χ0v) is 16.5. The van der Waals surface area contributed by atoms with Gasteiger partial charge in [0.15, 0.2) is 0 Å². The summed E-state index contributed by atoms with van der Waals surface area (Å²) >= 11 is 0. The van der Waals surface area contributed by atoms with Crippen LogP contribution >= 0.6 is 0 Å². The molecule has 3 N–H and O–H groups in total. The van der Waals surface area contributed by atoms with Crippen LogP contribution in [0.3, 0.4) is 0 Å². The molecule has 0 unspecified atom stereocenters. The van der Waals surface area contributed by atoms with Gasteiger partial charge in [-0.15, -0.1) is 0 Å². The van der Waals surface area contributed by atoms with Crippen LogP contribution in [0.15, 0.2) is 73.3 Å². The van der Waals surface area contributed by atoms with Crippen molar-refractivity contribution in [1.29, 1.82) is 0 Å². The molecule has 5 aromatic heterocycles. The lowest BCUT2D eigenvalue weighted by Gasteiger charge is -2.04. The van der Waals surface area contributed by atoms with Crippen LogP contribution in [0.1, 0.15) is 0 Å². The van der Waals surface area contributed by atoms with Crippen LogP contribution in [-0.2, 0) is 0 Å². The Morgan fingerprint density at radius 1 is 0.875 bits per heavy atom. The highest BCUT2D eigenvalue weighted by molar-refractivity contribution is 6.00. The third kappa shape index (κ3) is 2.97. The van der Waals surface area contributed by atoms with Crippen LogP contribution in [0.25, 0.3) is 55.7 Å². The summed E-state index contributed by atoms with van der Waals surface area (Å²) in [4.78, 5) is 16.6. The SMILES string of the molecule is Oc1cc(F)cc(-c2cncc3[nH]c(-c4n[nH]c5ccc(-c6cccnc6)nc45)cc23)c1. The first-order valence-corrected chi connectivity index (χ1v) is 9.88. The Labute approximate surface area is 180 Å². The summed E-state index contributed by atoms with van der Waals surface area (Å²) < 4.78 is 13.9. The Morgan fingerprint density at radius 2 is 1.81 bits per heavy atom. The van der Waals surface area contributed by atoms with E-state index in [2.05, 4.69) is 25.1 Å². The van der Waals surface area contributed by atoms with Gasteiger partial charge >= 0.3 is 0 Å². The van der Waals surface area contributed by atoms with E-state index in [-0.39, 0.29) is 5.75 Å². The molecule has 0 atom stereocenters. The van der Waals surface area contributed by atoms with Crippen LogP contribution in [0.2, 0.25) is 0 Å². The summed E-state index contributed by atoms with van der Waals surface area (Å²) in [6.07, 6.45) is 6.84. The number of hydrogen-bond acceptors (Lipinski definition) is 5. The normalized spacial score (nSPS) is 11.4. The zero-order valence-electron chi connectivity index (χ0n) is 16.5. The van der Waals surface area contributed by atoms with Crippen LogP contribution < -0.4 is 0 Å². The minimum absolute atomic E-state index is 0.141. The molecule has 6 rings (SSSR count). The fourth-order valence-electron chi connectivity index (χ4n) is 3.90. The van der Waals surface area contributed by atoms with E-state index in [0.29, 0.717) is 16.8 Å². The summed E-state index contributed by atoms with van der Waals surface area (Å²) in [5.74, 6) is -0.656. The number of H-pyrrole nitrogens is 2. The molecule has 0 saturated heterocycles. The Kier molecular flexibility index (Phi) is 3.97. The van der Waals surface area contributed by atoms with Gasteiger partial charge in [-0.3, -0.25) is 15.1 Å². The van der Waals surface area contributed by atoms with Gasteiger partial charge in [-0.05, 0) is 48.0 Å². The average Bonchev–Trinajstić information content (AvgIpc) is 3.42. The maximum atomic E-state index is 13.9. The number of pyridine rings is 3. The number of fused-ring (bicyclic) bond motifs is 2. The van der Waals surface area contributed by atoms with Crippen molar-refractivity contribution >= 4 is 21.9 Å². The van der Waals surface area contributed by atoms with Crippen molar-refractivity contribution in [1.82, 2.24) is 30.1 Å². The summed E-state index contributed by atoms with van der Waals surface area (Å²) in [7, 11) is 0. The molecule has 0 aliphatic heterocycles. The second-order valence-corrected chi connectivity index (χ2v) is 7.44. The number of aromatic amines is 2. The lowest BCUT2D eigenvalue weighted by molar-refractivity contribution is 0.469. The van der Waals surface area contributed by atoms with Crippen LogP contribution in [0.5, 0.6) is 5.75 Å². The number of hydrogen-bond donors (Lipinski definition) is 3. The van der Waals surface area contributed by atoms with E-state index in [1.54, 1.807) is 24.8 Å². The summed E-state index contributed by atoms with van der Waals surface area (Å²) in [5.41, 5.74) is 6.64. The third-order valence-corrected chi connectivity index (χ3v) is 5.36. The quantitative estimate of drug-likeness (QED) is 0.369. The predicted octanol–water partition coefficient (Wildman–Crippen LogP) is 5.07. The van der Waals surface area contributed by atoms with Gasteiger partial charge in [0.05, 0.1) is 28.6 Å². The molecule has 5 heterocycles. The number of phenols is 1. The van der Waals surface area contributed by atoms with E-state index < -0.39 is 5.82 Å². The van der Waals surface area contributed by atoms with Gasteiger partial charge in [0.25, 0.3) is 0 Å². The molecular weight excluding hydrogens is 407 g/mol. The Morgan fingerprint density at radius 3 is 2.66 bits per heavy atom. The minimum Gasteiger partial charge on any atom is -0.508 e. The van der Waals surface area contributed by atoms with Gasteiger partial charge in [-0.25, -0.2) is 9.37 Å². The first-order chi connectivity index (χ1) is 15.7. The number of rotatable bonds is 3. The number of halogens is 1. The first kappa shape index (κ1) is 18.2. The van der Waals surface area contributed by atoms with Crippen molar-refractivity contribution in [2.75, 3.05) is 0 Å². The fraction of sp³-hybridized carbons (Fsp3) is 0. The predicted molar refractivity (Wildman–Crippen MR) is 119 cm³/mol. The maximum Gasteiger partial charge on any atom is 0.135 e. The molecule has 8 heteroatoms. The molecule has 0 aliphatic carbocycles. The van der Waals surface area contributed by atoms with Gasteiger partial charge in [0.2, 0.25) is 0 Å². The minimum atomic E-state index is -0.516. The van der Waals surface area contributed by atoms with Crippen molar-refractivity contribution in [3.05, 3.63) is 79.1 Å². The smallest absolute Gasteiger partial charge is 0.135 e. The van der Waals surface area contributed by atoms with E-state index >= 15 is 0 Å². The number of aromatic hydroxyl groups is 1. The lowest BCUT2D eigenvalue weighted by Crippen LogP contribution is -1.86. The third-order valence-electron chi connectivity index (χ3n) is 5.36. The van der Waals surface area contributed by atoms with Crippen molar-refractivity contribution in [2.45, 2.75) is 0 Å². The molecule has 1 aromatic carbocycles. The van der Waals surface area contributed by atoms with Gasteiger partial charge in [0.1, 0.15) is 22.8 Å². The van der Waals surface area contributed by atoms with E-state index in [1.165, 1.54) is 12.1 Å².